The van der Waals surface area contributed by atoms with Crippen molar-refractivity contribution < 1.29 is 42.1 Å². The van der Waals surface area contributed by atoms with Crippen LogP contribution in [0.15, 0.2) is 0 Å². The third-order valence-electron chi connectivity index (χ3n) is 0. The maximum Gasteiger partial charge on any atom is 2.00 e. The molecule has 0 aliphatic rings. The minimum atomic E-state index is 0. The average molecular weight is 441 g/mol. The molecule has 0 aromatic carbocycles. The molecule has 0 amide bonds. The van der Waals surface area contributed by atoms with Gasteiger partial charge < -0.3 is 21.3 Å². The van der Waals surface area contributed by atoms with Crippen molar-refractivity contribution in [2.24, 2.45) is 0 Å². The summed E-state index contributed by atoms with van der Waals surface area (Å²) in [5, 5.41) is 0. The Balaban J connectivity index is -0.00000000333. The van der Waals surface area contributed by atoms with Crippen molar-refractivity contribution in [3.8, 4) is 0 Å². The van der Waals surface area contributed by atoms with Gasteiger partial charge in [-0.15, -0.1) is 0 Å². The molecule has 0 radical (unpaired) electrons. The van der Waals surface area contributed by atoms with E-state index in [1.165, 1.54) is 0 Å². The molecule has 0 saturated carbocycles. The molecule has 2 heteroatoms. The van der Waals surface area contributed by atoms with E-state index in [4.69, 9.17) is 0 Å². The van der Waals surface area contributed by atoms with Crippen LogP contribution in [0.25, 0.3) is 0 Å². The van der Waals surface area contributed by atoms with E-state index in [0.29, 0.717) is 0 Å². The van der Waals surface area contributed by atoms with Crippen LogP contribution in [0.2, 0.25) is 0 Å². The van der Waals surface area contributed by atoms with Crippen LogP contribution in [0, 0.1) is 21.3 Å². The van der Waals surface area contributed by atoms with Crippen molar-refractivity contribution in [3.05, 3.63) is 21.3 Å². The zero-order valence-corrected chi connectivity index (χ0v) is 11.3. The van der Waals surface area contributed by atoms with Crippen molar-refractivity contribution in [1.29, 1.82) is 0 Å². The molecule has 0 aliphatic heterocycles. The molecule has 0 heterocycles. The van der Waals surface area contributed by atoms with Crippen molar-refractivity contribution in [3.63, 3.8) is 0 Å². The van der Waals surface area contributed by atoms with Gasteiger partial charge in [-0.1, -0.05) is 0 Å². The van der Waals surface area contributed by atoms with Crippen LogP contribution in [-0.2, 0) is 42.1 Å². The number of hydrogen-bond donors (Lipinski definition) is 0. The summed E-state index contributed by atoms with van der Waals surface area (Å²) in [4.78, 5) is 0. The first-order chi connectivity index (χ1) is 1.41. The van der Waals surface area contributed by atoms with Gasteiger partial charge in [-0.2, -0.15) is 13.8 Å². The second-order valence-electron chi connectivity index (χ2n) is 0.577. The molecular weight excluding hydrogens is 428 g/mol. The number of hydrogen-bond acceptors (Lipinski definition) is 0. The topological polar surface area (TPSA) is 0 Å². The van der Waals surface area contributed by atoms with Gasteiger partial charge in [0, 0.05) is 21.1 Å². The summed E-state index contributed by atoms with van der Waals surface area (Å²) in [6.45, 7) is 4.00. The van der Waals surface area contributed by atoms with E-state index in [2.05, 4.69) is 0 Å². The van der Waals surface area contributed by atoms with Crippen molar-refractivity contribution in [2.75, 3.05) is 0 Å². The Morgan fingerprint density at radius 1 is 1.00 bits per heavy atom. The molecule has 0 rings (SSSR count). The van der Waals surface area contributed by atoms with Gasteiger partial charge in [0.15, 0.2) is 0 Å². The molecule has 0 aliphatic carbocycles. The maximum absolute atomic E-state index is 2.00. The quantitative estimate of drug-likeness (QED) is 0.506. The van der Waals surface area contributed by atoms with Crippen LogP contribution in [0.1, 0.15) is 13.8 Å². The molecule has 0 bridgehead atoms. The SMILES string of the molecule is C[CH-]C.[CH3-].[CH3-].[W+2].[W]. The molecule has 0 N–H and O–H groups in total. The van der Waals surface area contributed by atoms with Gasteiger partial charge in [-0.25, -0.2) is 0 Å². The molecule has 0 aromatic heterocycles. The molecule has 0 fully saturated rings. The van der Waals surface area contributed by atoms with E-state index in [9.17, 15) is 0 Å². The standard InChI is InChI=1S/C3H7.2CH3.2W/c1-3-2;;;;/h3H,1-2H3;2*1H3;;/q3*-1;;+2. The van der Waals surface area contributed by atoms with Crippen molar-refractivity contribution >= 4 is 0 Å². The Kier molecular flexibility index (Phi) is 303. The molecule has 0 unspecified atom stereocenters. The molecule has 0 spiro atoms. The third-order valence-corrected chi connectivity index (χ3v) is 0. The van der Waals surface area contributed by atoms with Crippen LogP contribution in [0.4, 0.5) is 0 Å². The normalized spacial score (nSPS) is 2.57. The second-order valence-corrected chi connectivity index (χ2v) is 0.577. The first-order valence-corrected chi connectivity index (χ1v) is 1.15. The Bertz CT molecular complexity index is 6.04. The summed E-state index contributed by atoms with van der Waals surface area (Å²) in [7, 11) is 0. The van der Waals surface area contributed by atoms with Crippen LogP contribution < -0.4 is 0 Å². The minimum Gasteiger partial charge on any atom is -0.358 e. The van der Waals surface area contributed by atoms with Gasteiger partial charge >= 0.3 is 21.1 Å². The minimum absolute atomic E-state index is 0. The monoisotopic (exact) mass is 441 g/mol. The summed E-state index contributed by atoms with van der Waals surface area (Å²) in [6, 6.07) is 0. The molecule has 0 nitrogen and oxygen atoms in total. The summed E-state index contributed by atoms with van der Waals surface area (Å²) in [5.74, 6) is 0. The third kappa shape index (κ3) is 113. The van der Waals surface area contributed by atoms with Gasteiger partial charge in [0.2, 0.25) is 0 Å². The first kappa shape index (κ1) is 40.0. The predicted molar refractivity (Wildman–Crippen MR) is 28.5 cm³/mol. The van der Waals surface area contributed by atoms with E-state index in [1.54, 1.807) is 0 Å². The molecular formula is C5H13W2-. The largest absolute Gasteiger partial charge is 2.00 e. The van der Waals surface area contributed by atoms with Crippen LogP contribution >= 0.6 is 0 Å². The molecule has 0 saturated heterocycles. The van der Waals surface area contributed by atoms with Crippen LogP contribution in [-0.4, -0.2) is 0 Å². The summed E-state index contributed by atoms with van der Waals surface area (Å²) >= 11 is 0. The van der Waals surface area contributed by atoms with Gasteiger partial charge in [-0.3, -0.25) is 0 Å². The fourth-order valence-electron chi connectivity index (χ4n) is 0. The fraction of sp³-hybridized carbons (Fsp3) is 0.400. The molecule has 46 valence electrons. The van der Waals surface area contributed by atoms with E-state index in [1.807, 2.05) is 20.3 Å². The van der Waals surface area contributed by atoms with Gasteiger partial charge in [0.05, 0.1) is 0 Å². The van der Waals surface area contributed by atoms with E-state index in [-0.39, 0.29) is 57.0 Å². The Hall–Kier alpha value is 1.38. The van der Waals surface area contributed by atoms with Crippen molar-refractivity contribution in [1.82, 2.24) is 0 Å². The molecule has 0 atom stereocenters. The van der Waals surface area contributed by atoms with E-state index < -0.39 is 0 Å². The predicted octanol–water partition coefficient (Wildman–Crippen LogP) is 2.13. The average Bonchev–Trinajstić information content (AvgIpc) is 0.918. The Morgan fingerprint density at radius 2 is 1.00 bits per heavy atom. The van der Waals surface area contributed by atoms with Crippen LogP contribution in [0.3, 0.4) is 0 Å². The van der Waals surface area contributed by atoms with Crippen LogP contribution in [0.5, 0.6) is 0 Å². The van der Waals surface area contributed by atoms with E-state index >= 15 is 0 Å². The van der Waals surface area contributed by atoms with Crippen molar-refractivity contribution in [2.45, 2.75) is 13.8 Å². The number of rotatable bonds is 0. The van der Waals surface area contributed by atoms with Gasteiger partial charge in [-0.05, 0) is 0 Å². The first-order valence-electron chi connectivity index (χ1n) is 1.15. The van der Waals surface area contributed by atoms with E-state index in [0.717, 1.165) is 0 Å². The fourth-order valence-corrected chi connectivity index (χ4v) is 0. The summed E-state index contributed by atoms with van der Waals surface area (Å²) in [6.07, 6.45) is 2.00. The summed E-state index contributed by atoms with van der Waals surface area (Å²) in [5.41, 5.74) is 0. The zero-order chi connectivity index (χ0) is 2.71. The molecule has 0 aromatic rings. The molecule has 7 heavy (non-hydrogen) atoms. The maximum atomic E-state index is 2.00. The second kappa shape index (κ2) is 53.1. The van der Waals surface area contributed by atoms with Gasteiger partial charge in [0.1, 0.15) is 0 Å². The van der Waals surface area contributed by atoms with Gasteiger partial charge in [0.25, 0.3) is 0 Å². The smallest absolute Gasteiger partial charge is 0.358 e. The zero-order valence-electron chi connectivity index (χ0n) is 5.39. The summed E-state index contributed by atoms with van der Waals surface area (Å²) < 4.78 is 0. The Morgan fingerprint density at radius 3 is 1.00 bits per heavy atom. The Labute approximate surface area is 77.0 Å².